The molecule has 2 aromatic carbocycles. The molecule has 0 N–H and O–H groups in total. The average molecular weight is 467 g/mol. The number of aromatic nitrogens is 2. The number of rotatable bonds is 8. The molecule has 0 radical (unpaired) electrons. The highest BCUT2D eigenvalue weighted by Crippen LogP contribution is 2.28. The summed E-state index contributed by atoms with van der Waals surface area (Å²) in [7, 11) is 0. The van der Waals surface area contributed by atoms with Crippen molar-refractivity contribution in [2.75, 3.05) is 6.61 Å². The number of ether oxygens (including phenoxy) is 2. The van der Waals surface area contributed by atoms with Gasteiger partial charge in [0.2, 0.25) is 0 Å². The largest absolute Gasteiger partial charge is 0.494 e. The van der Waals surface area contributed by atoms with E-state index in [0.29, 0.717) is 44.3 Å². The molecule has 0 bridgehead atoms. The summed E-state index contributed by atoms with van der Waals surface area (Å²) in [6, 6.07) is 13.1. The summed E-state index contributed by atoms with van der Waals surface area (Å²) in [6.45, 7) is 4.47. The summed E-state index contributed by atoms with van der Waals surface area (Å²) in [5, 5.41) is 0.338. The third kappa shape index (κ3) is 4.96. The molecule has 2 heterocycles. The summed E-state index contributed by atoms with van der Waals surface area (Å²) in [4.78, 5) is 30.9. The second kappa shape index (κ2) is 9.95. The lowest BCUT2D eigenvalue weighted by Gasteiger charge is -2.07. The number of fused-ring (bicyclic) bond motifs is 1. The molecule has 2 aromatic heterocycles. The zero-order valence-electron chi connectivity index (χ0n) is 18.3. The Morgan fingerprint density at radius 3 is 2.58 bits per heavy atom. The third-order valence-electron chi connectivity index (χ3n) is 5.20. The Hall–Kier alpha value is -3.52. The van der Waals surface area contributed by atoms with E-state index in [2.05, 4.69) is 11.9 Å². The molecule has 0 atom stereocenters. The number of esters is 1. The van der Waals surface area contributed by atoms with Gasteiger partial charge in [0.25, 0.3) is 5.56 Å². The van der Waals surface area contributed by atoms with Crippen molar-refractivity contribution in [1.82, 2.24) is 9.55 Å². The minimum absolute atomic E-state index is 0.0518. The summed E-state index contributed by atoms with van der Waals surface area (Å²) < 4.78 is 26.5. The first-order chi connectivity index (χ1) is 16.0. The number of carbonyl (C=O) groups is 1. The standard InChI is InChI=1S/C25H23FN2O4S/c1-3-4-13-31-18-9-11-19(12-10-18)32-25(30)22-16(2)21-23(33-22)27-15-28(24(21)29)14-17-7-5-6-8-20(17)26/h5-12,15H,3-4,13-14H2,1-2H3. The number of halogens is 1. The topological polar surface area (TPSA) is 70.4 Å². The maximum Gasteiger partial charge on any atom is 0.354 e. The Morgan fingerprint density at radius 2 is 1.85 bits per heavy atom. The van der Waals surface area contributed by atoms with Crippen LogP contribution in [0.2, 0.25) is 0 Å². The van der Waals surface area contributed by atoms with Crippen LogP contribution in [0.15, 0.2) is 59.7 Å². The predicted molar refractivity (Wildman–Crippen MR) is 126 cm³/mol. The van der Waals surface area contributed by atoms with Gasteiger partial charge in [-0.2, -0.15) is 0 Å². The first kappa shape index (κ1) is 22.7. The van der Waals surface area contributed by atoms with Crippen molar-refractivity contribution < 1.29 is 18.7 Å². The van der Waals surface area contributed by atoms with E-state index in [-0.39, 0.29) is 12.1 Å². The Bertz CT molecular complexity index is 1350. The smallest absolute Gasteiger partial charge is 0.354 e. The van der Waals surface area contributed by atoms with Gasteiger partial charge < -0.3 is 9.47 Å². The van der Waals surface area contributed by atoms with E-state index < -0.39 is 11.8 Å². The molecule has 0 aliphatic rings. The van der Waals surface area contributed by atoms with Gasteiger partial charge in [-0.25, -0.2) is 14.2 Å². The number of aryl methyl sites for hydroxylation is 1. The van der Waals surface area contributed by atoms with Crippen molar-refractivity contribution >= 4 is 27.5 Å². The average Bonchev–Trinajstić information content (AvgIpc) is 3.15. The molecule has 33 heavy (non-hydrogen) atoms. The van der Waals surface area contributed by atoms with Gasteiger partial charge in [-0.15, -0.1) is 11.3 Å². The summed E-state index contributed by atoms with van der Waals surface area (Å²) in [5.74, 6) is 0.137. The fourth-order valence-corrected chi connectivity index (χ4v) is 4.38. The molecule has 170 valence electrons. The van der Waals surface area contributed by atoms with Gasteiger partial charge in [-0.1, -0.05) is 31.5 Å². The van der Waals surface area contributed by atoms with E-state index in [0.717, 1.165) is 24.2 Å². The molecule has 0 aliphatic heterocycles. The molecule has 0 fully saturated rings. The molecule has 4 rings (SSSR count). The van der Waals surface area contributed by atoms with Crippen molar-refractivity contribution in [1.29, 1.82) is 0 Å². The van der Waals surface area contributed by atoms with Crippen molar-refractivity contribution in [3.05, 3.63) is 87.0 Å². The third-order valence-corrected chi connectivity index (χ3v) is 6.38. The van der Waals surface area contributed by atoms with Crippen LogP contribution in [0, 0.1) is 12.7 Å². The van der Waals surface area contributed by atoms with Crippen molar-refractivity contribution in [3.63, 3.8) is 0 Å². The predicted octanol–water partition coefficient (Wildman–Crippen LogP) is 5.35. The summed E-state index contributed by atoms with van der Waals surface area (Å²) >= 11 is 1.10. The van der Waals surface area contributed by atoms with Crippen LogP contribution in [-0.2, 0) is 6.54 Å². The lowest BCUT2D eigenvalue weighted by atomic mass is 10.2. The van der Waals surface area contributed by atoms with Gasteiger partial charge >= 0.3 is 5.97 Å². The minimum atomic E-state index is -0.560. The van der Waals surface area contributed by atoms with Crippen LogP contribution in [0.3, 0.4) is 0 Å². The first-order valence-electron chi connectivity index (χ1n) is 10.6. The quantitative estimate of drug-likeness (QED) is 0.199. The van der Waals surface area contributed by atoms with E-state index in [4.69, 9.17) is 9.47 Å². The fourth-order valence-electron chi connectivity index (χ4n) is 3.37. The van der Waals surface area contributed by atoms with Gasteiger partial charge in [-0.3, -0.25) is 9.36 Å². The van der Waals surface area contributed by atoms with Crippen LogP contribution in [-0.4, -0.2) is 22.1 Å². The number of thiophene rings is 1. The van der Waals surface area contributed by atoms with Crippen LogP contribution < -0.4 is 15.0 Å². The van der Waals surface area contributed by atoms with E-state index in [9.17, 15) is 14.0 Å². The van der Waals surface area contributed by atoms with Crippen LogP contribution >= 0.6 is 11.3 Å². The highest BCUT2D eigenvalue weighted by atomic mass is 32.1. The highest BCUT2D eigenvalue weighted by molar-refractivity contribution is 7.20. The molecule has 6 nitrogen and oxygen atoms in total. The lowest BCUT2D eigenvalue weighted by molar-refractivity contribution is 0.0739. The van der Waals surface area contributed by atoms with Gasteiger partial charge in [0.05, 0.1) is 24.9 Å². The summed E-state index contributed by atoms with van der Waals surface area (Å²) in [6.07, 6.45) is 3.39. The van der Waals surface area contributed by atoms with Crippen LogP contribution in [0.25, 0.3) is 10.2 Å². The molecule has 8 heteroatoms. The van der Waals surface area contributed by atoms with Crippen LogP contribution in [0.4, 0.5) is 4.39 Å². The van der Waals surface area contributed by atoms with E-state index in [1.165, 1.54) is 17.0 Å². The van der Waals surface area contributed by atoms with E-state index in [1.54, 1.807) is 49.4 Å². The zero-order valence-corrected chi connectivity index (χ0v) is 19.2. The van der Waals surface area contributed by atoms with Gasteiger partial charge in [0.15, 0.2) is 0 Å². The normalized spacial score (nSPS) is 11.0. The Balaban J connectivity index is 1.55. The second-order valence-corrected chi connectivity index (χ2v) is 8.57. The Labute approximate surface area is 194 Å². The molecular weight excluding hydrogens is 443 g/mol. The van der Waals surface area contributed by atoms with Gasteiger partial charge in [0.1, 0.15) is 27.0 Å². The van der Waals surface area contributed by atoms with E-state index in [1.807, 2.05) is 0 Å². The maximum absolute atomic E-state index is 14.0. The minimum Gasteiger partial charge on any atom is -0.494 e. The SMILES string of the molecule is CCCCOc1ccc(OC(=O)c2sc3ncn(Cc4ccccc4F)c(=O)c3c2C)cc1. The molecule has 0 saturated carbocycles. The monoisotopic (exact) mass is 466 g/mol. The first-order valence-corrected chi connectivity index (χ1v) is 11.5. The summed E-state index contributed by atoms with van der Waals surface area (Å²) in [5.41, 5.74) is 0.555. The fraction of sp³-hybridized carbons (Fsp3) is 0.240. The number of nitrogens with zero attached hydrogens (tertiary/aromatic N) is 2. The van der Waals surface area contributed by atoms with E-state index >= 15 is 0 Å². The van der Waals surface area contributed by atoms with Crippen LogP contribution in [0.1, 0.15) is 40.6 Å². The van der Waals surface area contributed by atoms with Crippen molar-refractivity contribution in [2.24, 2.45) is 0 Å². The number of hydrogen-bond acceptors (Lipinski definition) is 6. The van der Waals surface area contributed by atoms with Crippen molar-refractivity contribution in [2.45, 2.75) is 33.2 Å². The molecule has 0 aliphatic carbocycles. The molecule has 0 saturated heterocycles. The van der Waals surface area contributed by atoms with Gasteiger partial charge in [0, 0.05) is 5.56 Å². The lowest BCUT2D eigenvalue weighted by Crippen LogP contribution is -2.21. The maximum atomic E-state index is 14.0. The second-order valence-electron chi connectivity index (χ2n) is 7.57. The zero-order chi connectivity index (χ0) is 23.4. The van der Waals surface area contributed by atoms with Gasteiger partial charge in [-0.05, 0) is 49.2 Å². The Kier molecular flexibility index (Phi) is 6.84. The molecule has 0 unspecified atom stereocenters. The van der Waals surface area contributed by atoms with Crippen molar-refractivity contribution in [3.8, 4) is 11.5 Å². The van der Waals surface area contributed by atoms with Crippen LogP contribution in [0.5, 0.6) is 11.5 Å². The number of hydrogen-bond donors (Lipinski definition) is 0. The molecular formula is C25H23FN2O4S. The Morgan fingerprint density at radius 1 is 1.12 bits per heavy atom. The molecule has 0 spiro atoms. The highest BCUT2D eigenvalue weighted by Gasteiger charge is 2.21. The number of carbonyl (C=O) groups excluding carboxylic acids is 1. The number of benzene rings is 2. The number of unbranched alkanes of at least 4 members (excludes halogenated alkanes) is 1. The molecule has 0 amide bonds. The molecule has 4 aromatic rings.